The smallest absolute Gasteiger partial charge is 0.195 e. The van der Waals surface area contributed by atoms with Crippen molar-refractivity contribution in [1.29, 1.82) is 0 Å². The fraction of sp³-hybridized carbons (Fsp3) is 0.611. The van der Waals surface area contributed by atoms with E-state index in [-0.39, 0.29) is 24.0 Å². The molecule has 2 N–H and O–H groups in total. The van der Waals surface area contributed by atoms with Crippen LogP contribution in [0.15, 0.2) is 23.2 Å². The number of unbranched alkanes of at least 4 members (excludes halogenated alkanes) is 1. The minimum absolute atomic E-state index is 0. The number of methoxy groups -OCH3 is 1. The molecule has 6 nitrogen and oxygen atoms in total. The van der Waals surface area contributed by atoms with Crippen LogP contribution in [0.3, 0.4) is 0 Å². The van der Waals surface area contributed by atoms with Crippen LogP contribution in [0.5, 0.6) is 11.5 Å². The van der Waals surface area contributed by atoms with E-state index in [0.717, 1.165) is 62.3 Å². The summed E-state index contributed by atoms with van der Waals surface area (Å²) in [7, 11) is 1.64. The predicted molar refractivity (Wildman–Crippen MR) is 115 cm³/mol. The highest BCUT2D eigenvalue weighted by Gasteiger charge is 2.06. The van der Waals surface area contributed by atoms with Crippen LogP contribution in [0.25, 0.3) is 0 Å². The number of anilines is 1. The molecule has 0 heterocycles. The number of ether oxygens (including phenoxy) is 3. The van der Waals surface area contributed by atoms with E-state index in [9.17, 15) is 0 Å². The second-order valence-corrected chi connectivity index (χ2v) is 5.09. The van der Waals surface area contributed by atoms with Crippen LogP contribution < -0.4 is 20.1 Å². The van der Waals surface area contributed by atoms with Gasteiger partial charge in [-0.15, -0.1) is 24.0 Å². The highest BCUT2D eigenvalue weighted by atomic mass is 127. The molecule has 0 bridgehead atoms. The number of hydrogen-bond acceptors (Lipinski definition) is 4. The van der Waals surface area contributed by atoms with Gasteiger partial charge in [-0.25, -0.2) is 0 Å². The summed E-state index contributed by atoms with van der Waals surface area (Å²) >= 11 is 0. The molecule has 0 radical (unpaired) electrons. The van der Waals surface area contributed by atoms with Crippen LogP contribution in [0, 0.1) is 0 Å². The van der Waals surface area contributed by atoms with Gasteiger partial charge in [0.2, 0.25) is 0 Å². The predicted octanol–water partition coefficient (Wildman–Crippen LogP) is 3.91. The number of rotatable bonds is 11. The minimum atomic E-state index is 0. The molecule has 0 saturated heterocycles. The van der Waals surface area contributed by atoms with Gasteiger partial charge in [0.15, 0.2) is 17.5 Å². The van der Waals surface area contributed by atoms with Gasteiger partial charge in [0.25, 0.3) is 0 Å². The van der Waals surface area contributed by atoms with Gasteiger partial charge < -0.3 is 24.8 Å². The summed E-state index contributed by atoms with van der Waals surface area (Å²) in [5, 5.41) is 6.55. The standard InChI is InChI=1S/C18H31N3O3.HI/c1-5-19-18(20-12-8-9-13-23-6-2)21-15-10-11-16(22-4)17(14-15)24-7-3;/h10-11,14H,5-9,12-13H2,1-4H3,(H2,19,20,21);1H. The fourth-order valence-corrected chi connectivity index (χ4v) is 2.12. The Balaban J connectivity index is 0.00000576. The zero-order valence-electron chi connectivity index (χ0n) is 15.8. The molecule has 0 aliphatic heterocycles. The van der Waals surface area contributed by atoms with Crippen LogP contribution >= 0.6 is 24.0 Å². The highest BCUT2D eigenvalue weighted by Crippen LogP contribution is 2.30. The van der Waals surface area contributed by atoms with Crippen molar-refractivity contribution in [2.24, 2.45) is 4.99 Å². The van der Waals surface area contributed by atoms with Crippen molar-refractivity contribution >= 4 is 35.6 Å². The molecule has 0 amide bonds. The Kier molecular flexibility index (Phi) is 14.3. The molecule has 0 saturated carbocycles. The van der Waals surface area contributed by atoms with Gasteiger partial charge in [-0.05, 0) is 45.7 Å². The first-order valence-electron chi connectivity index (χ1n) is 8.69. The second-order valence-electron chi connectivity index (χ2n) is 5.09. The number of hydrogen-bond donors (Lipinski definition) is 2. The average Bonchev–Trinajstić information content (AvgIpc) is 2.58. The Labute approximate surface area is 168 Å². The molecule has 0 aliphatic carbocycles. The summed E-state index contributed by atoms with van der Waals surface area (Å²) in [5.74, 6) is 2.21. The summed E-state index contributed by atoms with van der Waals surface area (Å²) in [6.07, 6.45) is 2.02. The lowest BCUT2D eigenvalue weighted by Crippen LogP contribution is -2.30. The Hall–Kier alpha value is -1.22. The van der Waals surface area contributed by atoms with E-state index in [1.54, 1.807) is 7.11 Å². The van der Waals surface area contributed by atoms with Crippen molar-refractivity contribution in [3.63, 3.8) is 0 Å². The van der Waals surface area contributed by atoms with E-state index in [1.807, 2.05) is 39.0 Å². The van der Waals surface area contributed by atoms with Gasteiger partial charge in [0, 0.05) is 38.1 Å². The quantitative estimate of drug-likeness (QED) is 0.225. The van der Waals surface area contributed by atoms with E-state index in [1.165, 1.54) is 0 Å². The van der Waals surface area contributed by atoms with Crippen molar-refractivity contribution in [3.8, 4) is 11.5 Å². The Bertz CT molecular complexity index is 498. The summed E-state index contributed by atoms with van der Waals surface area (Å²) in [5.41, 5.74) is 0.910. The zero-order chi connectivity index (χ0) is 17.6. The first kappa shape index (κ1) is 23.8. The number of guanidine groups is 1. The van der Waals surface area contributed by atoms with E-state index >= 15 is 0 Å². The lowest BCUT2D eigenvalue weighted by Gasteiger charge is -2.14. The van der Waals surface area contributed by atoms with E-state index < -0.39 is 0 Å². The Morgan fingerprint density at radius 3 is 2.52 bits per heavy atom. The molecule has 144 valence electrons. The maximum Gasteiger partial charge on any atom is 0.195 e. The molecule has 1 rings (SSSR count). The summed E-state index contributed by atoms with van der Waals surface area (Å²) in [6.45, 7) is 9.74. The molecule has 7 heteroatoms. The van der Waals surface area contributed by atoms with Crippen LogP contribution in [0.1, 0.15) is 33.6 Å². The minimum Gasteiger partial charge on any atom is -0.493 e. The lowest BCUT2D eigenvalue weighted by molar-refractivity contribution is 0.144. The summed E-state index contributed by atoms with van der Waals surface area (Å²) in [6, 6.07) is 5.76. The third-order valence-corrected chi connectivity index (χ3v) is 3.24. The molecule has 0 atom stereocenters. The third-order valence-electron chi connectivity index (χ3n) is 3.24. The summed E-state index contributed by atoms with van der Waals surface area (Å²) in [4.78, 5) is 4.59. The number of nitrogens with zero attached hydrogens (tertiary/aromatic N) is 1. The Morgan fingerprint density at radius 2 is 1.88 bits per heavy atom. The monoisotopic (exact) mass is 465 g/mol. The van der Waals surface area contributed by atoms with Gasteiger partial charge in [0.05, 0.1) is 13.7 Å². The molecular weight excluding hydrogens is 433 g/mol. The fourth-order valence-electron chi connectivity index (χ4n) is 2.12. The molecule has 1 aromatic rings. The molecule has 0 unspecified atom stereocenters. The number of benzene rings is 1. The highest BCUT2D eigenvalue weighted by molar-refractivity contribution is 14.0. The maximum absolute atomic E-state index is 5.61. The molecule has 0 fully saturated rings. The number of aliphatic imine (C=N–C) groups is 1. The lowest BCUT2D eigenvalue weighted by atomic mass is 10.2. The van der Waals surface area contributed by atoms with Crippen LogP contribution in [-0.4, -0.2) is 46.0 Å². The SMILES string of the molecule is CCNC(=NCCCCOCC)Nc1ccc(OC)c(OCC)c1.I. The van der Waals surface area contributed by atoms with Gasteiger partial charge in [0.1, 0.15) is 0 Å². The zero-order valence-corrected chi connectivity index (χ0v) is 18.1. The van der Waals surface area contributed by atoms with E-state index in [2.05, 4.69) is 15.6 Å². The molecule has 0 spiro atoms. The van der Waals surface area contributed by atoms with Crippen LogP contribution in [-0.2, 0) is 4.74 Å². The average molecular weight is 465 g/mol. The van der Waals surface area contributed by atoms with Crippen molar-refractivity contribution in [3.05, 3.63) is 18.2 Å². The van der Waals surface area contributed by atoms with Gasteiger partial charge in [-0.2, -0.15) is 0 Å². The van der Waals surface area contributed by atoms with Gasteiger partial charge in [-0.3, -0.25) is 4.99 Å². The van der Waals surface area contributed by atoms with Crippen molar-refractivity contribution in [2.75, 3.05) is 45.3 Å². The molecule has 1 aromatic carbocycles. The second kappa shape index (κ2) is 15.1. The van der Waals surface area contributed by atoms with E-state index in [4.69, 9.17) is 14.2 Å². The first-order valence-corrected chi connectivity index (χ1v) is 8.69. The maximum atomic E-state index is 5.61. The summed E-state index contributed by atoms with van der Waals surface area (Å²) < 4.78 is 16.2. The Morgan fingerprint density at radius 1 is 1.08 bits per heavy atom. The molecular formula is C18H32IN3O3. The van der Waals surface area contributed by atoms with E-state index in [0.29, 0.717) is 6.61 Å². The van der Waals surface area contributed by atoms with Gasteiger partial charge >= 0.3 is 0 Å². The number of halogens is 1. The van der Waals surface area contributed by atoms with Crippen molar-refractivity contribution in [2.45, 2.75) is 33.6 Å². The van der Waals surface area contributed by atoms with Crippen molar-refractivity contribution < 1.29 is 14.2 Å². The largest absolute Gasteiger partial charge is 0.493 e. The van der Waals surface area contributed by atoms with Crippen LogP contribution in [0.4, 0.5) is 5.69 Å². The molecule has 0 aliphatic rings. The first-order chi connectivity index (χ1) is 11.7. The van der Waals surface area contributed by atoms with Gasteiger partial charge in [-0.1, -0.05) is 0 Å². The van der Waals surface area contributed by atoms with Crippen molar-refractivity contribution in [1.82, 2.24) is 5.32 Å². The topological polar surface area (TPSA) is 64.1 Å². The third kappa shape index (κ3) is 9.74. The number of nitrogens with one attached hydrogen (secondary N) is 2. The normalized spacial score (nSPS) is 10.8. The molecule has 0 aromatic heterocycles. The van der Waals surface area contributed by atoms with Crippen LogP contribution in [0.2, 0.25) is 0 Å². The molecule has 25 heavy (non-hydrogen) atoms.